The van der Waals surface area contributed by atoms with Crippen LogP contribution in [0.15, 0.2) is 36.4 Å². The normalized spacial score (nSPS) is 10.3. The molecular weight excluding hydrogens is 224 g/mol. The van der Waals surface area contributed by atoms with E-state index in [0.717, 1.165) is 0 Å². The summed E-state index contributed by atoms with van der Waals surface area (Å²) < 4.78 is 32.0. The van der Waals surface area contributed by atoms with E-state index in [1.165, 1.54) is 19.2 Å². The highest BCUT2D eigenvalue weighted by molar-refractivity contribution is 5.68. The molecule has 2 aromatic carbocycles. The van der Waals surface area contributed by atoms with E-state index < -0.39 is 11.6 Å². The van der Waals surface area contributed by atoms with Crippen LogP contribution in [0.4, 0.5) is 14.5 Å². The van der Waals surface area contributed by atoms with Gasteiger partial charge >= 0.3 is 0 Å². The summed E-state index contributed by atoms with van der Waals surface area (Å²) in [5, 5.41) is 0. The van der Waals surface area contributed by atoms with Gasteiger partial charge in [-0.1, -0.05) is 12.1 Å². The number of ether oxygens (including phenoxy) is 1. The summed E-state index contributed by atoms with van der Waals surface area (Å²) in [5.41, 5.74) is 5.79. The number of nitrogens with two attached hydrogens (primary N) is 1. The first-order valence-corrected chi connectivity index (χ1v) is 5.01. The van der Waals surface area contributed by atoms with Crippen molar-refractivity contribution in [1.29, 1.82) is 0 Å². The average Bonchev–Trinajstić information content (AvgIpc) is 2.36. The molecule has 17 heavy (non-hydrogen) atoms. The molecule has 88 valence electrons. The molecule has 0 aliphatic carbocycles. The van der Waals surface area contributed by atoms with Crippen LogP contribution in [-0.4, -0.2) is 7.11 Å². The smallest absolute Gasteiger partial charge is 0.182 e. The molecule has 0 aliphatic heterocycles. The van der Waals surface area contributed by atoms with Crippen LogP contribution >= 0.6 is 0 Å². The summed E-state index contributed by atoms with van der Waals surface area (Å²) in [6.07, 6.45) is 0. The van der Waals surface area contributed by atoms with Gasteiger partial charge in [0.25, 0.3) is 0 Å². The van der Waals surface area contributed by atoms with Crippen molar-refractivity contribution in [3.05, 3.63) is 48.0 Å². The van der Waals surface area contributed by atoms with Gasteiger partial charge in [-0.05, 0) is 29.8 Å². The third-order valence-electron chi connectivity index (χ3n) is 2.49. The number of rotatable bonds is 2. The van der Waals surface area contributed by atoms with Crippen molar-refractivity contribution >= 4 is 5.69 Å². The van der Waals surface area contributed by atoms with Gasteiger partial charge in [0.05, 0.1) is 12.8 Å². The summed E-state index contributed by atoms with van der Waals surface area (Å²) in [4.78, 5) is 0. The van der Waals surface area contributed by atoms with Gasteiger partial charge in [0.1, 0.15) is 5.75 Å². The molecule has 0 aromatic heterocycles. The standard InChI is InChI=1S/C13H11F2NO/c1-17-9-4-2-3-8(7-9)10-5-6-11(16)13(15)12(10)14/h2-7H,16H2,1H3. The Hall–Kier alpha value is -2.10. The molecule has 0 saturated carbocycles. The van der Waals surface area contributed by atoms with Gasteiger partial charge in [-0.15, -0.1) is 0 Å². The molecule has 0 radical (unpaired) electrons. The van der Waals surface area contributed by atoms with Gasteiger partial charge in [-0.3, -0.25) is 0 Å². The summed E-state index contributed by atoms with van der Waals surface area (Å²) in [7, 11) is 1.51. The molecule has 2 aromatic rings. The van der Waals surface area contributed by atoms with E-state index in [1.807, 2.05) is 0 Å². The Morgan fingerprint density at radius 1 is 1.06 bits per heavy atom. The number of halogens is 2. The summed E-state index contributed by atoms with van der Waals surface area (Å²) >= 11 is 0. The maximum atomic E-state index is 13.7. The van der Waals surface area contributed by atoms with Gasteiger partial charge in [0, 0.05) is 5.56 Å². The van der Waals surface area contributed by atoms with Gasteiger partial charge in [-0.2, -0.15) is 0 Å². The van der Waals surface area contributed by atoms with E-state index in [1.54, 1.807) is 24.3 Å². The molecule has 2 nitrogen and oxygen atoms in total. The average molecular weight is 235 g/mol. The molecule has 0 atom stereocenters. The second-order valence-electron chi connectivity index (χ2n) is 3.56. The lowest BCUT2D eigenvalue weighted by atomic mass is 10.0. The Morgan fingerprint density at radius 3 is 2.53 bits per heavy atom. The maximum Gasteiger partial charge on any atom is 0.182 e. The quantitative estimate of drug-likeness (QED) is 0.811. The topological polar surface area (TPSA) is 35.2 Å². The Kier molecular flexibility index (Phi) is 2.95. The second-order valence-corrected chi connectivity index (χ2v) is 3.56. The Bertz CT molecular complexity index is 555. The number of hydrogen-bond donors (Lipinski definition) is 1. The molecule has 0 saturated heterocycles. The van der Waals surface area contributed by atoms with Crippen LogP contribution in [0.5, 0.6) is 5.75 Å². The van der Waals surface area contributed by atoms with Crippen LogP contribution in [-0.2, 0) is 0 Å². The molecule has 0 spiro atoms. The predicted molar refractivity (Wildman–Crippen MR) is 62.8 cm³/mol. The minimum absolute atomic E-state index is 0.163. The zero-order valence-corrected chi connectivity index (χ0v) is 9.21. The molecule has 0 fully saturated rings. The van der Waals surface area contributed by atoms with Gasteiger partial charge < -0.3 is 10.5 Å². The largest absolute Gasteiger partial charge is 0.497 e. The molecule has 0 amide bonds. The van der Waals surface area contributed by atoms with E-state index in [0.29, 0.717) is 11.3 Å². The van der Waals surface area contributed by atoms with Gasteiger partial charge in [-0.25, -0.2) is 8.78 Å². The second kappa shape index (κ2) is 4.41. The lowest BCUT2D eigenvalue weighted by Crippen LogP contribution is -1.96. The first-order chi connectivity index (χ1) is 8.13. The number of anilines is 1. The maximum absolute atomic E-state index is 13.7. The van der Waals surface area contributed by atoms with Crippen molar-refractivity contribution in [2.45, 2.75) is 0 Å². The molecule has 0 aliphatic rings. The lowest BCUT2D eigenvalue weighted by Gasteiger charge is -2.07. The van der Waals surface area contributed by atoms with Crippen molar-refractivity contribution < 1.29 is 13.5 Å². The lowest BCUT2D eigenvalue weighted by molar-refractivity contribution is 0.415. The monoisotopic (exact) mass is 235 g/mol. The van der Waals surface area contributed by atoms with E-state index in [-0.39, 0.29) is 11.3 Å². The van der Waals surface area contributed by atoms with Crippen molar-refractivity contribution in [3.8, 4) is 16.9 Å². The summed E-state index contributed by atoms with van der Waals surface area (Å²) in [5.74, 6) is -1.39. The fourth-order valence-corrected chi connectivity index (χ4v) is 1.58. The van der Waals surface area contributed by atoms with E-state index in [9.17, 15) is 8.78 Å². The van der Waals surface area contributed by atoms with Crippen molar-refractivity contribution in [3.63, 3.8) is 0 Å². The first-order valence-electron chi connectivity index (χ1n) is 5.01. The third kappa shape index (κ3) is 2.06. The van der Waals surface area contributed by atoms with Crippen LogP contribution in [0.25, 0.3) is 11.1 Å². The predicted octanol–water partition coefficient (Wildman–Crippen LogP) is 3.22. The van der Waals surface area contributed by atoms with Crippen molar-refractivity contribution in [2.24, 2.45) is 0 Å². The number of benzene rings is 2. The minimum Gasteiger partial charge on any atom is -0.497 e. The van der Waals surface area contributed by atoms with Crippen LogP contribution < -0.4 is 10.5 Å². The molecule has 2 N–H and O–H groups in total. The minimum atomic E-state index is -1.02. The Labute approximate surface area is 97.6 Å². The highest BCUT2D eigenvalue weighted by atomic mass is 19.2. The molecule has 2 rings (SSSR count). The summed E-state index contributed by atoms with van der Waals surface area (Å²) in [6, 6.07) is 9.54. The highest BCUT2D eigenvalue weighted by Gasteiger charge is 2.13. The van der Waals surface area contributed by atoms with Crippen LogP contribution in [0.2, 0.25) is 0 Å². The van der Waals surface area contributed by atoms with Crippen molar-refractivity contribution in [1.82, 2.24) is 0 Å². The first kappa shape index (κ1) is 11.4. The number of hydrogen-bond acceptors (Lipinski definition) is 2. The van der Waals surface area contributed by atoms with E-state index >= 15 is 0 Å². The Morgan fingerprint density at radius 2 is 1.82 bits per heavy atom. The molecule has 0 unspecified atom stereocenters. The number of methoxy groups -OCH3 is 1. The molecule has 0 bridgehead atoms. The van der Waals surface area contributed by atoms with Crippen LogP contribution in [0.3, 0.4) is 0 Å². The fraction of sp³-hybridized carbons (Fsp3) is 0.0769. The third-order valence-corrected chi connectivity index (χ3v) is 2.49. The zero-order chi connectivity index (χ0) is 12.4. The SMILES string of the molecule is COc1cccc(-c2ccc(N)c(F)c2F)c1. The Balaban J connectivity index is 2.56. The highest BCUT2D eigenvalue weighted by Crippen LogP contribution is 2.29. The van der Waals surface area contributed by atoms with Gasteiger partial charge in [0.2, 0.25) is 0 Å². The van der Waals surface area contributed by atoms with Crippen LogP contribution in [0, 0.1) is 11.6 Å². The molecule has 0 heterocycles. The van der Waals surface area contributed by atoms with E-state index in [4.69, 9.17) is 10.5 Å². The summed E-state index contributed by atoms with van der Waals surface area (Å²) in [6.45, 7) is 0. The zero-order valence-electron chi connectivity index (χ0n) is 9.21. The molecular formula is C13H11F2NO. The van der Waals surface area contributed by atoms with Crippen molar-refractivity contribution in [2.75, 3.05) is 12.8 Å². The van der Waals surface area contributed by atoms with Crippen LogP contribution in [0.1, 0.15) is 0 Å². The van der Waals surface area contributed by atoms with E-state index in [2.05, 4.69) is 0 Å². The van der Waals surface area contributed by atoms with Gasteiger partial charge in [0.15, 0.2) is 11.6 Å². The molecule has 4 heteroatoms. The number of nitrogen functional groups attached to an aromatic ring is 1. The fourth-order valence-electron chi connectivity index (χ4n) is 1.58.